The van der Waals surface area contributed by atoms with E-state index >= 15 is 0 Å². The van der Waals surface area contributed by atoms with Gasteiger partial charge in [-0.25, -0.2) is 0 Å². The van der Waals surface area contributed by atoms with E-state index in [1.165, 1.54) is 11.3 Å². The average Bonchev–Trinajstić information content (AvgIpc) is 3.45. The van der Waals surface area contributed by atoms with Crippen molar-refractivity contribution in [3.63, 3.8) is 0 Å². The molecular formula is C27H26FNO4S. The first-order valence-corrected chi connectivity index (χ1v) is 12.1. The zero-order chi connectivity index (χ0) is 23.5. The maximum Gasteiger partial charge on any atom is 0.153 e. The van der Waals surface area contributed by atoms with E-state index in [1.54, 1.807) is 24.3 Å². The molecule has 0 bridgehead atoms. The number of nitrogens with zero attached hydrogens (tertiary/aromatic N) is 1. The second-order valence-electron chi connectivity index (χ2n) is 8.52. The van der Waals surface area contributed by atoms with E-state index < -0.39 is 0 Å². The van der Waals surface area contributed by atoms with E-state index in [4.69, 9.17) is 9.47 Å². The van der Waals surface area contributed by atoms with E-state index in [9.17, 15) is 14.6 Å². The molecule has 0 aliphatic carbocycles. The zero-order valence-corrected chi connectivity index (χ0v) is 19.4. The summed E-state index contributed by atoms with van der Waals surface area (Å²) < 4.78 is 25.9. The number of hydrogen-bond acceptors (Lipinski definition) is 6. The standard InChI is InChI=1S/C27H26FNO4S/c28-16-18-11-12-29(17-18)13-14-32-22-6-8-23(9-7-22)33-26-24-10-5-21(31)15-25(24)34-27(26)19-1-3-20(30)4-2-19/h1-10,15,18,30-31H,11-14,16-17H2/t18-/m0/s1. The zero-order valence-electron chi connectivity index (χ0n) is 18.6. The minimum absolute atomic E-state index is 0.167. The predicted molar refractivity (Wildman–Crippen MR) is 133 cm³/mol. The molecule has 0 unspecified atom stereocenters. The molecule has 1 atom stereocenters. The van der Waals surface area contributed by atoms with Crippen molar-refractivity contribution < 1.29 is 24.1 Å². The lowest BCUT2D eigenvalue weighted by Gasteiger charge is -2.16. The largest absolute Gasteiger partial charge is 0.508 e. The van der Waals surface area contributed by atoms with Gasteiger partial charge in [0.25, 0.3) is 0 Å². The minimum Gasteiger partial charge on any atom is -0.508 e. The smallest absolute Gasteiger partial charge is 0.153 e. The van der Waals surface area contributed by atoms with Gasteiger partial charge < -0.3 is 19.7 Å². The number of phenols is 2. The van der Waals surface area contributed by atoms with Crippen LogP contribution in [0.5, 0.6) is 28.7 Å². The van der Waals surface area contributed by atoms with Crippen molar-refractivity contribution in [2.24, 2.45) is 5.92 Å². The SMILES string of the molecule is Oc1ccc(-c2sc3cc(O)ccc3c2Oc2ccc(OCCN3CC[C@@H](CF)C3)cc2)cc1. The Morgan fingerprint density at radius 3 is 2.41 bits per heavy atom. The molecule has 34 heavy (non-hydrogen) atoms. The van der Waals surface area contributed by atoms with Gasteiger partial charge in [-0.1, -0.05) is 0 Å². The minimum atomic E-state index is -0.242. The number of rotatable bonds is 8. The van der Waals surface area contributed by atoms with Crippen LogP contribution in [0.4, 0.5) is 4.39 Å². The fraction of sp³-hybridized carbons (Fsp3) is 0.259. The summed E-state index contributed by atoms with van der Waals surface area (Å²) in [4.78, 5) is 3.16. The Bertz CT molecular complexity index is 1260. The number of thiophene rings is 1. The van der Waals surface area contributed by atoms with Gasteiger partial charge in [0.05, 0.1) is 11.6 Å². The molecule has 4 aromatic rings. The number of hydrogen-bond donors (Lipinski definition) is 2. The number of aromatic hydroxyl groups is 2. The number of likely N-dealkylation sites (tertiary alicyclic amines) is 1. The van der Waals surface area contributed by atoms with Crippen LogP contribution in [0.2, 0.25) is 0 Å². The van der Waals surface area contributed by atoms with Crippen LogP contribution in [-0.4, -0.2) is 48.0 Å². The van der Waals surface area contributed by atoms with Crippen molar-refractivity contribution in [2.75, 3.05) is 32.9 Å². The summed E-state index contributed by atoms with van der Waals surface area (Å²) in [6, 6.07) is 19.7. The summed E-state index contributed by atoms with van der Waals surface area (Å²) in [7, 11) is 0. The van der Waals surface area contributed by atoms with Crippen molar-refractivity contribution in [1.82, 2.24) is 4.90 Å². The van der Waals surface area contributed by atoms with Crippen molar-refractivity contribution in [1.29, 1.82) is 0 Å². The first kappa shape index (κ1) is 22.5. The van der Waals surface area contributed by atoms with Crippen LogP contribution in [0.1, 0.15) is 6.42 Å². The molecule has 2 N–H and O–H groups in total. The lowest BCUT2D eigenvalue weighted by molar-refractivity contribution is 0.228. The molecule has 5 rings (SSSR count). The molecule has 0 radical (unpaired) electrons. The lowest BCUT2D eigenvalue weighted by atomic mass is 10.1. The van der Waals surface area contributed by atoms with E-state index in [0.717, 1.165) is 52.3 Å². The molecule has 1 aromatic heterocycles. The molecule has 7 heteroatoms. The van der Waals surface area contributed by atoms with Gasteiger partial charge in [-0.3, -0.25) is 9.29 Å². The number of ether oxygens (including phenoxy) is 2. The van der Waals surface area contributed by atoms with E-state index in [2.05, 4.69) is 4.90 Å². The normalized spacial score (nSPS) is 16.2. The maximum atomic E-state index is 12.8. The van der Waals surface area contributed by atoms with E-state index in [1.807, 2.05) is 42.5 Å². The first-order chi connectivity index (χ1) is 16.6. The van der Waals surface area contributed by atoms with Crippen molar-refractivity contribution in [3.8, 4) is 39.2 Å². The van der Waals surface area contributed by atoms with Gasteiger partial charge in [-0.2, -0.15) is 0 Å². The van der Waals surface area contributed by atoms with Gasteiger partial charge in [0.2, 0.25) is 0 Å². The van der Waals surface area contributed by atoms with Crippen LogP contribution in [-0.2, 0) is 0 Å². The van der Waals surface area contributed by atoms with Gasteiger partial charge >= 0.3 is 0 Å². The monoisotopic (exact) mass is 479 g/mol. The van der Waals surface area contributed by atoms with Crippen molar-refractivity contribution >= 4 is 21.4 Å². The molecule has 1 aliphatic heterocycles. The Balaban J connectivity index is 1.31. The molecule has 1 fully saturated rings. The van der Waals surface area contributed by atoms with Crippen LogP contribution < -0.4 is 9.47 Å². The highest BCUT2D eigenvalue weighted by Gasteiger charge is 2.22. The maximum absolute atomic E-state index is 12.8. The summed E-state index contributed by atoms with van der Waals surface area (Å²) in [6.45, 7) is 2.85. The third kappa shape index (κ3) is 4.95. The Kier molecular flexibility index (Phi) is 6.56. The summed E-state index contributed by atoms with van der Waals surface area (Å²) in [5.41, 5.74) is 0.922. The molecule has 1 aliphatic rings. The Hall–Kier alpha value is -3.29. The number of benzene rings is 3. The van der Waals surface area contributed by atoms with Crippen molar-refractivity contribution in [3.05, 3.63) is 66.7 Å². The third-order valence-corrected chi connectivity index (χ3v) is 7.25. The van der Waals surface area contributed by atoms with E-state index in [-0.39, 0.29) is 24.1 Å². The fourth-order valence-corrected chi connectivity index (χ4v) is 5.39. The quantitative estimate of drug-likeness (QED) is 0.304. The van der Waals surface area contributed by atoms with Gasteiger partial charge in [-0.15, -0.1) is 11.3 Å². The highest BCUT2D eigenvalue weighted by atomic mass is 32.1. The van der Waals surface area contributed by atoms with Gasteiger partial charge in [0, 0.05) is 29.1 Å². The highest BCUT2D eigenvalue weighted by Crippen LogP contribution is 2.47. The molecule has 176 valence electrons. The lowest BCUT2D eigenvalue weighted by Crippen LogP contribution is -2.26. The van der Waals surface area contributed by atoms with Crippen LogP contribution >= 0.6 is 11.3 Å². The van der Waals surface area contributed by atoms with Crippen molar-refractivity contribution in [2.45, 2.75) is 6.42 Å². The Morgan fingerprint density at radius 2 is 1.68 bits per heavy atom. The Labute approximate surface area is 201 Å². The molecule has 2 heterocycles. The molecular weight excluding hydrogens is 453 g/mol. The van der Waals surface area contributed by atoms with Crippen LogP contribution in [0.25, 0.3) is 20.5 Å². The summed E-state index contributed by atoms with van der Waals surface area (Å²) in [6.07, 6.45) is 0.922. The van der Waals surface area contributed by atoms with Crippen LogP contribution in [0.15, 0.2) is 66.7 Å². The first-order valence-electron chi connectivity index (χ1n) is 11.3. The topological polar surface area (TPSA) is 62.2 Å². The summed E-state index contributed by atoms with van der Waals surface area (Å²) in [5, 5.41) is 20.5. The summed E-state index contributed by atoms with van der Waals surface area (Å²) in [5.74, 6) is 2.70. The van der Waals surface area contributed by atoms with Crippen LogP contribution in [0.3, 0.4) is 0 Å². The number of fused-ring (bicyclic) bond motifs is 1. The molecule has 0 spiro atoms. The average molecular weight is 480 g/mol. The Morgan fingerprint density at radius 1 is 0.941 bits per heavy atom. The number of phenolic OH excluding ortho intramolecular Hbond substituents is 2. The van der Waals surface area contributed by atoms with Gasteiger partial charge in [0.15, 0.2) is 5.75 Å². The van der Waals surface area contributed by atoms with Gasteiger partial charge in [0.1, 0.15) is 29.6 Å². The molecule has 0 amide bonds. The third-order valence-electron chi connectivity index (χ3n) is 6.07. The second-order valence-corrected chi connectivity index (χ2v) is 9.57. The van der Waals surface area contributed by atoms with E-state index in [0.29, 0.717) is 18.1 Å². The highest BCUT2D eigenvalue weighted by molar-refractivity contribution is 7.22. The number of halogens is 1. The van der Waals surface area contributed by atoms with Gasteiger partial charge in [-0.05, 0) is 85.3 Å². The number of alkyl halides is 1. The molecule has 1 saturated heterocycles. The summed E-state index contributed by atoms with van der Waals surface area (Å²) >= 11 is 1.52. The molecule has 5 nitrogen and oxygen atoms in total. The molecule has 0 saturated carbocycles. The van der Waals surface area contributed by atoms with Crippen LogP contribution in [0, 0.1) is 5.92 Å². The molecule has 3 aromatic carbocycles. The fourth-order valence-electron chi connectivity index (χ4n) is 4.22. The predicted octanol–water partition coefficient (Wildman–Crippen LogP) is 6.44. The second kappa shape index (κ2) is 9.91.